The lowest BCUT2D eigenvalue weighted by Gasteiger charge is -2.10. The van der Waals surface area contributed by atoms with Gasteiger partial charge in [-0.25, -0.2) is 0 Å². The van der Waals surface area contributed by atoms with Crippen molar-refractivity contribution in [2.75, 3.05) is 0 Å². The molecule has 147 heavy (non-hydrogen) atoms. The second kappa shape index (κ2) is 34.6. The van der Waals surface area contributed by atoms with Crippen molar-refractivity contribution in [2.45, 2.75) is 0 Å². The van der Waals surface area contributed by atoms with Crippen LogP contribution in [0.15, 0.2) is 508 Å². The van der Waals surface area contributed by atoms with Crippen LogP contribution in [0.5, 0.6) is 0 Å². The van der Waals surface area contributed by atoms with Crippen LogP contribution in [0, 0.1) is 0 Å². The molecular formula is C138H83N3OS5. The maximum atomic E-state index is 6.85. The van der Waals surface area contributed by atoms with E-state index in [0.29, 0.717) is 0 Å². The maximum Gasteiger partial charge on any atom is 0.143 e. The Morgan fingerprint density at radius 1 is 0.136 bits per heavy atom. The predicted octanol–water partition coefficient (Wildman–Crippen LogP) is 41.4. The minimum atomic E-state index is 0.913. The smallest absolute Gasteiger partial charge is 0.143 e. The highest BCUT2D eigenvalue weighted by Crippen LogP contribution is 2.53. The molecule has 0 aliphatic heterocycles. The highest BCUT2D eigenvalue weighted by molar-refractivity contribution is 7.28. The molecule has 0 amide bonds. The number of nitrogens with zero attached hydrogens (tertiary/aromatic N) is 3. The molecule has 0 radical (unpaired) electrons. The van der Waals surface area contributed by atoms with Crippen molar-refractivity contribution in [2.24, 2.45) is 0 Å². The molecule has 0 bridgehead atoms. The van der Waals surface area contributed by atoms with Gasteiger partial charge in [0, 0.05) is 172 Å². The summed E-state index contributed by atoms with van der Waals surface area (Å²) in [4.78, 5) is 0. The average Bonchev–Trinajstić information content (AvgIpc) is 1.57. The Bertz CT molecular complexity index is 10900. The summed E-state index contributed by atoms with van der Waals surface area (Å²) in [6.07, 6.45) is 0. The SMILES string of the molecule is c1ccc(-c2ccc(-c3cccc4c3sc3c(-c5ccc(-n6c7ccccc7c7c8sc9ccccc9c8ccc76)cc5)cccc34)cc2)cc1.c1ccc(-c2cccc(-c3cccc4c3oc3c(-c5ccc(-n6c7ccccc7c7c8sc9ccccc9c8ccc76)cc5)cccc34)c2)cc1.c1ccc(-c2cccc3c2sc2c(-c4ccc(-n5c6ccccc6c6c7sc8ccccc8c7ccc65)cc4)cccc23)cc1. The molecule has 0 saturated heterocycles. The van der Waals surface area contributed by atoms with Crippen LogP contribution in [0.25, 0.3) is 294 Å². The number of furan rings is 1. The van der Waals surface area contributed by atoms with Crippen molar-refractivity contribution < 1.29 is 4.42 Å². The van der Waals surface area contributed by atoms with Gasteiger partial charge in [0.15, 0.2) is 0 Å². The Morgan fingerprint density at radius 2 is 0.374 bits per heavy atom. The van der Waals surface area contributed by atoms with Crippen LogP contribution in [0.1, 0.15) is 0 Å². The van der Waals surface area contributed by atoms with E-state index in [0.717, 1.165) is 49.9 Å². The Morgan fingerprint density at radius 3 is 0.741 bits per heavy atom. The molecule has 9 heteroatoms. The quantitative estimate of drug-likeness (QED) is 0.127. The summed E-state index contributed by atoms with van der Waals surface area (Å²) in [5.74, 6) is 0. The maximum absolute atomic E-state index is 6.85. The van der Waals surface area contributed by atoms with Crippen LogP contribution in [0.4, 0.5) is 0 Å². The lowest BCUT2D eigenvalue weighted by molar-refractivity contribution is 0.671. The van der Waals surface area contributed by atoms with Gasteiger partial charge in [-0.3, -0.25) is 0 Å². The third-order valence-electron chi connectivity index (χ3n) is 30.1. The zero-order valence-electron chi connectivity index (χ0n) is 79.2. The van der Waals surface area contributed by atoms with Crippen molar-refractivity contribution in [3.63, 3.8) is 0 Å². The monoisotopic (exact) mass is 1960 g/mol. The Balaban J connectivity index is 0.000000102. The molecule has 32 aromatic rings. The molecule has 9 heterocycles. The van der Waals surface area contributed by atoms with E-state index in [-0.39, 0.29) is 0 Å². The Labute approximate surface area is 865 Å². The molecule has 32 rings (SSSR count). The summed E-state index contributed by atoms with van der Waals surface area (Å²) in [5.41, 5.74) is 32.2. The van der Waals surface area contributed by atoms with Gasteiger partial charge in [-0.15, -0.1) is 56.7 Å². The Hall–Kier alpha value is -17.6. The molecular weight excluding hydrogens is 1880 g/mol. The first-order chi connectivity index (χ1) is 72.9. The highest BCUT2D eigenvalue weighted by Gasteiger charge is 2.26. The fraction of sp³-hybridized carbons (Fsp3) is 0. The lowest BCUT2D eigenvalue weighted by atomic mass is 9.97. The van der Waals surface area contributed by atoms with E-state index < -0.39 is 0 Å². The van der Waals surface area contributed by atoms with Gasteiger partial charge in [-0.05, 0) is 175 Å². The van der Waals surface area contributed by atoms with Crippen LogP contribution in [0.2, 0.25) is 0 Å². The van der Waals surface area contributed by atoms with Crippen molar-refractivity contribution in [1.82, 2.24) is 13.7 Å². The van der Waals surface area contributed by atoms with Crippen molar-refractivity contribution in [3.8, 4) is 106 Å². The molecule has 0 unspecified atom stereocenters. The molecule has 0 aliphatic rings. The largest absolute Gasteiger partial charge is 0.455 e. The van der Waals surface area contributed by atoms with Crippen LogP contribution < -0.4 is 0 Å². The molecule has 4 nitrogen and oxygen atoms in total. The summed E-state index contributed by atoms with van der Waals surface area (Å²) < 4.78 is 27.6. The molecule has 0 saturated carbocycles. The van der Waals surface area contributed by atoms with E-state index in [2.05, 4.69) is 517 Å². The molecule has 0 aliphatic carbocycles. The number of thiophene rings is 5. The summed E-state index contributed by atoms with van der Waals surface area (Å²) in [7, 11) is 0. The van der Waals surface area contributed by atoms with Crippen LogP contribution in [0.3, 0.4) is 0 Å². The zero-order chi connectivity index (χ0) is 96.4. The van der Waals surface area contributed by atoms with Crippen molar-refractivity contribution in [3.05, 3.63) is 504 Å². The zero-order valence-corrected chi connectivity index (χ0v) is 83.3. The number of hydrogen-bond donors (Lipinski definition) is 0. The fourth-order valence-corrected chi connectivity index (χ4v) is 29.8. The molecule has 23 aromatic carbocycles. The number of para-hydroxylation sites is 5. The molecule has 0 atom stereocenters. The first-order valence-corrected chi connectivity index (χ1v) is 54.0. The van der Waals surface area contributed by atoms with Gasteiger partial charge in [0.2, 0.25) is 0 Å². The van der Waals surface area contributed by atoms with E-state index in [1.54, 1.807) is 0 Å². The number of fused-ring (bicyclic) bond motifs is 30. The van der Waals surface area contributed by atoms with Crippen molar-refractivity contribution in [1.29, 1.82) is 0 Å². The predicted molar refractivity (Wildman–Crippen MR) is 638 cm³/mol. The van der Waals surface area contributed by atoms with Gasteiger partial charge in [0.1, 0.15) is 11.2 Å². The minimum absolute atomic E-state index is 0.913. The summed E-state index contributed by atoms with van der Waals surface area (Å²) in [6.45, 7) is 0. The number of benzene rings is 23. The lowest BCUT2D eigenvalue weighted by Crippen LogP contribution is -1.93. The fourth-order valence-electron chi connectivity index (χ4n) is 23.3. The molecule has 686 valence electrons. The summed E-state index contributed by atoms with van der Waals surface area (Å²) in [6, 6.07) is 184. The second-order valence-electron chi connectivity index (χ2n) is 38.2. The topological polar surface area (TPSA) is 27.9 Å². The van der Waals surface area contributed by atoms with Crippen LogP contribution in [-0.2, 0) is 0 Å². The first-order valence-electron chi connectivity index (χ1n) is 50.0. The van der Waals surface area contributed by atoms with Gasteiger partial charge < -0.3 is 18.1 Å². The summed E-state index contributed by atoms with van der Waals surface area (Å²) in [5, 5.41) is 23.4. The first kappa shape index (κ1) is 85.0. The van der Waals surface area contributed by atoms with Gasteiger partial charge in [0.05, 0.1) is 33.1 Å². The van der Waals surface area contributed by atoms with E-state index in [9.17, 15) is 0 Å². The average molecular weight is 1960 g/mol. The van der Waals surface area contributed by atoms with Crippen LogP contribution >= 0.6 is 56.7 Å². The van der Waals surface area contributed by atoms with Gasteiger partial charge in [0.25, 0.3) is 0 Å². The molecule has 9 aromatic heterocycles. The van der Waals surface area contributed by atoms with Crippen molar-refractivity contribution >= 4 is 245 Å². The number of rotatable bonds is 11. The number of hydrogen-bond acceptors (Lipinski definition) is 6. The van der Waals surface area contributed by atoms with E-state index in [1.807, 2.05) is 56.7 Å². The Kier molecular flexibility index (Phi) is 20.0. The normalized spacial score (nSPS) is 11.9. The standard InChI is InChI=1S/C48H29NOS.C48H29NS2.C42H25NS2/c1-2-11-30(12-3-1)32-13-8-14-33(29-32)36-18-10-20-39-38-19-9-17-35(46(38)50-47(36)39)31-23-25-34(26-24-31)49-42-21-6-4-16-41(42)45-43(49)28-27-40-37-15-5-7-22-44(37)51-48(40)45;1-2-10-30(11-3-1)31-20-22-32(23-21-31)35-14-8-16-38-39-17-9-15-36(47(39)51-46(35)38)33-24-26-34(27-25-33)49-42-18-6-4-13-41(42)45-43(49)29-28-40-37-12-5-7-19-44(37)50-48(40)45;1-2-10-26(11-3-1)29-14-8-16-32-33-17-9-15-30(41(33)45-40(29)32)27-20-22-28(23-21-27)43-36-18-6-4-13-35(36)39-37(43)25-24-34-31-12-5-7-19-38(31)44-42(34)39/h2*1-29H;1-25H. The summed E-state index contributed by atoms with van der Waals surface area (Å²) >= 11 is 9.52. The molecule has 0 N–H and O–H groups in total. The highest BCUT2D eigenvalue weighted by atomic mass is 32.1. The van der Waals surface area contributed by atoms with Crippen LogP contribution in [-0.4, -0.2) is 13.7 Å². The third kappa shape index (κ3) is 13.8. The third-order valence-corrected chi connectivity index (χ3v) is 36.3. The van der Waals surface area contributed by atoms with E-state index in [4.69, 9.17) is 4.42 Å². The van der Waals surface area contributed by atoms with Gasteiger partial charge in [-0.2, -0.15) is 0 Å². The minimum Gasteiger partial charge on any atom is -0.455 e. The number of aromatic nitrogens is 3. The van der Waals surface area contributed by atoms with Gasteiger partial charge in [-0.1, -0.05) is 406 Å². The van der Waals surface area contributed by atoms with E-state index in [1.165, 1.54) is 244 Å². The van der Waals surface area contributed by atoms with Gasteiger partial charge >= 0.3 is 0 Å². The molecule has 0 spiro atoms. The van der Waals surface area contributed by atoms with E-state index >= 15 is 0 Å². The second-order valence-corrected chi connectivity index (χ2v) is 43.4. The molecule has 0 fully saturated rings.